The lowest BCUT2D eigenvalue weighted by atomic mass is 9.89. The van der Waals surface area contributed by atoms with E-state index < -0.39 is 5.97 Å². The van der Waals surface area contributed by atoms with Crippen LogP contribution in [0.2, 0.25) is 0 Å². The highest BCUT2D eigenvalue weighted by atomic mass is 16.5. The largest absolute Gasteiger partial charge is 0.463 e. The molecule has 0 radical (unpaired) electrons. The van der Waals surface area contributed by atoms with Gasteiger partial charge in [-0.1, -0.05) is 13.3 Å². The molecule has 1 aromatic rings. The van der Waals surface area contributed by atoms with Crippen molar-refractivity contribution < 1.29 is 9.53 Å². The molecule has 0 aliphatic carbocycles. The highest BCUT2D eigenvalue weighted by molar-refractivity contribution is 5.85. The van der Waals surface area contributed by atoms with E-state index in [1.807, 2.05) is 6.07 Å². The zero-order valence-corrected chi connectivity index (χ0v) is 12.1. The summed E-state index contributed by atoms with van der Waals surface area (Å²) in [5.41, 5.74) is 5.90. The SMILES string of the molecule is CCC1CCN(c2ccnc(C(=O)OC)n2)C(CN)C1. The molecule has 110 valence electrons. The fourth-order valence-corrected chi connectivity index (χ4v) is 2.73. The maximum Gasteiger partial charge on any atom is 0.376 e. The van der Waals surface area contributed by atoms with Crippen molar-refractivity contribution in [3.63, 3.8) is 0 Å². The van der Waals surface area contributed by atoms with Crippen LogP contribution in [-0.2, 0) is 4.74 Å². The highest BCUT2D eigenvalue weighted by Crippen LogP contribution is 2.28. The molecule has 2 unspecified atom stereocenters. The topological polar surface area (TPSA) is 81.3 Å². The second kappa shape index (κ2) is 6.65. The third-order valence-electron chi connectivity index (χ3n) is 3.98. The van der Waals surface area contributed by atoms with Crippen LogP contribution in [-0.4, -0.2) is 42.2 Å². The summed E-state index contributed by atoms with van der Waals surface area (Å²) < 4.78 is 4.66. The van der Waals surface area contributed by atoms with Gasteiger partial charge in [-0.2, -0.15) is 0 Å². The number of anilines is 1. The minimum absolute atomic E-state index is 0.0957. The van der Waals surface area contributed by atoms with Gasteiger partial charge < -0.3 is 15.4 Å². The van der Waals surface area contributed by atoms with Crippen LogP contribution in [0.4, 0.5) is 5.82 Å². The summed E-state index contributed by atoms with van der Waals surface area (Å²) in [6, 6.07) is 2.09. The number of ether oxygens (including phenoxy) is 1. The third kappa shape index (κ3) is 3.07. The van der Waals surface area contributed by atoms with E-state index in [1.54, 1.807) is 6.20 Å². The standard InChI is InChI=1S/C14H22N4O2/c1-3-10-5-7-18(11(8-10)9-15)12-4-6-16-13(17-12)14(19)20-2/h4,6,10-11H,3,5,7-9,15H2,1-2H3. The van der Waals surface area contributed by atoms with E-state index in [0.29, 0.717) is 6.54 Å². The molecule has 0 spiro atoms. The Bertz CT molecular complexity index is 466. The van der Waals surface area contributed by atoms with Crippen molar-refractivity contribution in [1.29, 1.82) is 0 Å². The Morgan fingerprint density at radius 1 is 1.60 bits per heavy atom. The number of carbonyl (C=O) groups is 1. The average molecular weight is 278 g/mol. The van der Waals surface area contributed by atoms with E-state index in [9.17, 15) is 4.79 Å². The number of aromatic nitrogens is 2. The number of methoxy groups -OCH3 is 1. The number of hydrogen-bond donors (Lipinski definition) is 1. The Kier molecular flexibility index (Phi) is 4.89. The van der Waals surface area contributed by atoms with Gasteiger partial charge in [0.05, 0.1) is 7.11 Å². The number of esters is 1. The van der Waals surface area contributed by atoms with Crippen molar-refractivity contribution in [2.75, 3.05) is 25.1 Å². The highest BCUT2D eigenvalue weighted by Gasteiger charge is 2.28. The van der Waals surface area contributed by atoms with Crippen LogP contribution in [0.5, 0.6) is 0 Å². The maximum atomic E-state index is 11.5. The van der Waals surface area contributed by atoms with Crippen molar-refractivity contribution in [3.05, 3.63) is 18.1 Å². The molecule has 1 aliphatic rings. The number of nitrogens with two attached hydrogens (primary N) is 1. The molecule has 2 atom stereocenters. The van der Waals surface area contributed by atoms with Gasteiger partial charge in [-0.3, -0.25) is 0 Å². The summed E-state index contributed by atoms with van der Waals surface area (Å²) in [7, 11) is 1.33. The summed E-state index contributed by atoms with van der Waals surface area (Å²) in [4.78, 5) is 21.9. The number of piperidine rings is 1. The number of rotatable bonds is 4. The summed E-state index contributed by atoms with van der Waals surface area (Å²) in [5, 5.41) is 0. The quantitative estimate of drug-likeness (QED) is 0.834. The van der Waals surface area contributed by atoms with E-state index in [0.717, 1.165) is 31.1 Å². The first kappa shape index (κ1) is 14.7. The Balaban J connectivity index is 2.19. The van der Waals surface area contributed by atoms with Gasteiger partial charge >= 0.3 is 5.97 Å². The maximum absolute atomic E-state index is 11.5. The minimum atomic E-state index is -0.514. The van der Waals surface area contributed by atoms with Crippen LogP contribution in [0.25, 0.3) is 0 Å². The Hall–Kier alpha value is -1.69. The first-order valence-electron chi connectivity index (χ1n) is 7.07. The molecule has 1 saturated heterocycles. The fourth-order valence-electron chi connectivity index (χ4n) is 2.73. The Morgan fingerprint density at radius 3 is 3.05 bits per heavy atom. The molecule has 1 fully saturated rings. The zero-order valence-electron chi connectivity index (χ0n) is 12.1. The van der Waals surface area contributed by atoms with Crippen molar-refractivity contribution in [2.24, 2.45) is 11.7 Å². The van der Waals surface area contributed by atoms with Gasteiger partial charge in [0.25, 0.3) is 0 Å². The Morgan fingerprint density at radius 2 is 2.40 bits per heavy atom. The zero-order chi connectivity index (χ0) is 14.5. The monoisotopic (exact) mass is 278 g/mol. The molecule has 6 nitrogen and oxygen atoms in total. The average Bonchev–Trinajstić information content (AvgIpc) is 2.53. The Labute approximate surface area is 119 Å². The first-order chi connectivity index (χ1) is 9.69. The molecule has 0 amide bonds. The molecule has 20 heavy (non-hydrogen) atoms. The van der Waals surface area contributed by atoms with E-state index >= 15 is 0 Å². The van der Waals surface area contributed by atoms with Gasteiger partial charge in [0.15, 0.2) is 0 Å². The first-order valence-corrected chi connectivity index (χ1v) is 7.07. The molecule has 0 aromatic carbocycles. The fraction of sp³-hybridized carbons (Fsp3) is 0.643. The van der Waals surface area contributed by atoms with Crippen molar-refractivity contribution in [3.8, 4) is 0 Å². The van der Waals surface area contributed by atoms with E-state index in [4.69, 9.17) is 5.73 Å². The van der Waals surface area contributed by atoms with E-state index in [1.165, 1.54) is 13.5 Å². The van der Waals surface area contributed by atoms with E-state index in [2.05, 4.69) is 26.5 Å². The summed E-state index contributed by atoms with van der Waals surface area (Å²) in [6.45, 7) is 3.72. The van der Waals surface area contributed by atoms with Gasteiger partial charge in [-0.05, 0) is 24.8 Å². The molecule has 6 heteroatoms. The lowest BCUT2D eigenvalue weighted by Gasteiger charge is -2.39. The van der Waals surface area contributed by atoms with E-state index in [-0.39, 0.29) is 11.9 Å². The van der Waals surface area contributed by atoms with Crippen molar-refractivity contribution in [2.45, 2.75) is 32.2 Å². The molecule has 1 aliphatic heterocycles. The van der Waals surface area contributed by atoms with Gasteiger partial charge in [-0.25, -0.2) is 14.8 Å². The molecule has 1 aromatic heterocycles. The van der Waals surface area contributed by atoms with Crippen LogP contribution >= 0.6 is 0 Å². The number of carbonyl (C=O) groups excluding carboxylic acids is 1. The lowest BCUT2D eigenvalue weighted by Crippen LogP contribution is -2.47. The number of nitrogens with zero attached hydrogens (tertiary/aromatic N) is 3. The molecule has 2 rings (SSSR count). The van der Waals surface area contributed by atoms with Crippen molar-refractivity contribution >= 4 is 11.8 Å². The van der Waals surface area contributed by atoms with Gasteiger partial charge in [-0.15, -0.1) is 0 Å². The summed E-state index contributed by atoms with van der Waals surface area (Å²) in [5.74, 6) is 1.06. The second-order valence-corrected chi connectivity index (χ2v) is 5.11. The van der Waals surface area contributed by atoms with Gasteiger partial charge in [0, 0.05) is 25.3 Å². The molecule has 0 saturated carbocycles. The minimum Gasteiger partial charge on any atom is -0.463 e. The predicted octanol–water partition coefficient (Wildman–Crippen LogP) is 1.22. The smallest absolute Gasteiger partial charge is 0.376 e. The molecule has 2 heterocycles. The van der Waals surface area contributed by atoms with Crippen LogP contribution in [0.3, 0.4) is 0 Å². The lowest BCUT2D eigenvalue weighted by molar-refractivity contribution is 0.0586. The number of hydrogen-bond acceptors (Lipinski definition) is 6. The second-order valence-electron chi connectivity index (χ2n) is 5.11. The molecule has 2 N–H and O–H groups in total. The van der Waals surface area contributed by atoms with Crippen LogP contribution in [0.1, 0.15) is 36.8 Å². The summed E-state index contributed by atoms with van der Waals surface area (Å²) in [6.07, 6.45) is 4.98. The van der Waals surface area contributed by atoms with Crippen LogP contribution in [0.15, 0.2) is 12.3 Å². The van der Waals surface area contributed by atoms with Crippen molar-refractivity contribution in [1.82, 2.24) is 9.97 Å². The predicted molar refractivity (Wildman–Crippen MR) is 76.6 cm³/mol. The van der Waals surface area contributed by atoms with Crippen LogP contribution in [0, 0.1) is 5.92 Å². The van der Waals surface area contributed by atoms with Crippen LogP contribution < -0.4 is 10.6 Å². The molecular formula is C14H22N4O2. The summed E-state index contributed by atoms with van der Waals surface area (Å²) >= 11 is 0. The molecule has 0 bridgehead atoms. The van der Waals surface area contributed by atoms with Gasteiger partial charge in [0.1, 0.15) is 5.82 Å². The normalized spacial score (nSPS) is 22.6. The third-order valence-corrected chi connectivity index (χ3v) is 3.98. The molecular weight excluding hydrogens is 256 g/mol. The van der Waals surface area contributed by atoms with Gasteiger partial charge in [0.2, 0.25) is 5.82 Å².